The molecule has 100 valence electrons. The first kappa shape index (κ1) is 13.4. The van der Waals surface area contributed by atoms with Crippen LogP contribution in [0.1, 0.15) is 24.1 Å². The van der Waals surface area contributed by atoms with Gasteiger partial charge in [-0.1, -0.05) is 18.2 Å². The monoisotopic (exact) mass is 260 g/mol. The molecule has 0 aliphatic rings. The van der Waals surface area contributed by atoms with Gasteiger partial charge in [0.15, 0.2) is 11.6 Å². The van der Waals surface area contributed by atoms with Crippen molar-refractivity contribution in [2.75, 3.05) is 12.3 Å². The molecular formula is C15H17FN2O. The Morgan fingerprint density at radius 2 is 1.89 bits per heavy atom. The average Bonchev–Trinajstić information content (AvgIpc) is 2.40. The van der Waals surface area contributed by atoms with E-state index in [4.69, 9.17) is 16.2 Å². The van der Waals surface area contributed by atoms with Gasteiger partial charge in [0, 0.05) is 5.69 Å². The molecule has 0 fully saturated rings. The molecule has 0 heterocycles. The molecule has 0 saturated heterocycles. The van der Waals surface area contributed by atoms with Crippen LogP contribution >= 0.6 is 0 Å². The molecule has 0 aromatic heterocycles. The lowest BCUT2D eigenvalue weighted by molar-refractivity contribution is 0.321. The maximum atomic E-state index is 13.8. The third kappa shape index (κ3) is 3.03. The van der Waals surface area contributed by atoms with Crippen molar-refractivity contribution in [3.05, 3.63) is 59.4 Å². The van der Waals surface area contributed by atoms with Crippen molar-refractivity contribution in [1.82, 2.24) is 0 Å². The van der Waals surface area contributed by atoms with Crippen LogP contribution in [0.2, 0.25) is 0 Å². The molecule has 2 aromatic carbocycles. The summed E-state index contributed by atoms with van der Waals surface area (Å²) in [7, 11) is 0. The van der Waals surface area contributed by atoms with E-state index in [9.17, 15) is 4.39 Å². The predicted octanol–water partition coefficient (Wildman–Crippen LogP) is 2.85. The molecule has 0 amide bonds. The summed E-state index contributed by atoms with van der Waals surface area (Å²) in [6.45, 7) is 2.24. The van der Waals surface area contributed by atoms with E-state index >= 15 is 0 Å². The van der Waals surface area contributed by atoms with Crippen LogP contribution in [0.3, 0.4) is 0 Å². The molecule has 0 radical (unpaired) electrons. The van der Waals surface area contributed by atoms with E-state index in [1.807, 2.05) is 19.1 Å². The number of halogens is 1. The number of hydrogen-bond donors (Lipinski definition) is 2. The summed E-state index contributed by atoms with van der Waals surface area (Å²) in [5.74, 6) is -0.162. The summed E-state index contributed by atoms with van der Waals surface area (Å²) < 4.78 is 18.9. The van der Waals surface area contributed by atoms with Crippen LogP contribution in [0, 0.1) is 5.82 Å². The highest BCUT2D eigenvalue weighted by Crippen LogP contribution is 2.25. The van der Waals surface area contributed by atoms with Crippen molar-refractivity contribution in [1.29, 1.82) is 0 Å². The number of hydrogen-bond acceptors (Lipinski definition) is 3. The Morgan fingerprint density at radius 3 is 2.53 bits per heavy atom. The molecule has 0 spiro atoms. The van der Waals surface area contributed by atoms with Crippen LogP contribution in [0.5, 0.6) is 5.75 Å². The van der Waals surface area contributed by atoms with Gasteiger partial charge in [-0.2, -0.15) is 0 Å². The fraction of sp³-hybridized carbons (Fsp3) is 0.200. The molecule has 1 unspecified atom stereocenters. The van der Waals surface area contributed by atoms with Crippen molar-refractivity contribution in [3.63, 3.8) is 0 Å². The molecule has 0 aliphatic carbocycles. The normalized spacial score (nSPS) is 12.2. The number of rotatable bonds is 4. The molecule has 4 N–H and O–H groups in total. The average molecular weight is 260 g/mol. The fourth-order valence-electron chi connectivity index (χ4n) is 1.93. The number of anilines is 1. The minimum atomic E-state index is -0.409. The van der Waals surface area contributed by atoms with Gasteiger partial charge in [-0.3, -0.25) is 0 Å². The summed E-state index contributed by atoms with van der Waals surface area (Å²) >= 11 is 0. The first-order valence-corrected chi connectivity index (χ1v) is 6.15. The maximum absolute atomic E-state index is 13.8. The fourth-order valence-corrected chi connectivity index (χ4v) is 1.93. The van der Waals surface area contributed by atoms with Gasteiger partial charge < -0.3 is 16.2 Å². The van der Waals surface area contributed by atoms with Gasteiger partial charge in [-0.15, -0.1) is 0 Å². The zero-order chi connectivity index (χ0) is 13.8. The molecule has 4 heteroatoms. The summed E-state index contributed by atoms with van der Waals surface area (Å²) in [6.07, 6.45) is 0. The van der Waals surface area contributed by atoms with E-state index in [0.29, 0.717) is 17.9 Å². The second kappa shape index (κ2) is 5.71. The quantitative estimate of drug-likeness (QED) is 0.831. The van der Waals surface area contributed by atoms with E-state index in [0.717, 1.165) is 5.56 Å². The van der Waals surface area contributed by atoms with E-state index < -0.39 is 11.9 Å². The van der Waals surface area contributed by atoms with Crippen LogP contribution in [0.4, 0.5) is 10.1 Å². The second-order valence-corrected chi connectivity index (χ2v) is 4.27. The highest BCUT2D eigenvalue weighted by Gasteiger charge is 2.12. The number of benzene rings is 2. The molecule has 2 rings (SSSR count). The highest BCUT2D eigenvalue weighted by molar-refractivity contribution is 5.44. The Labute approximate surface area is 112 Å². The van der Waals surface area contributed by atoms with E-state index in [-0.39, 0.29) is 5.75 Å². The van der Waals surface area contributed by atoms with Crippen molar-refractivity contribution < 1.29 is 9.13 Å². The SMILES string of the molecule is CCOc1ccc(C(N)c2cccc(N)c2)cc1F. The third-order valence-electron chi connectivity index (χ3n) is 2.88. The van der Waals surface area contributed by atoms with Gasteiger partial charge in [0.05, 0.1) is 12.6 Å². The van der Waals surface area contributed by atoms with Crippen molar-refractivity contribution in [3.8, 4) is 5.75 Å². The summed E-state index contributed by atoms with van der Waals surface area (Å²) in [4.78, 5) is 0. The first-order chi connectivity index (χ1) is 9.11. The van der Waals surface area contributed by atoms with Gasteiger partial charge in [-0.25, -0.2) is 4.39 Å². The largest absolute Gasteiger partial charge is 0.491 e. The lowest BCUT2D eigenvalue weighted by Gasteiger charge is -2.14. The Hall–Kier alpha value is -2.07. The van der Waals surface area contributed by atoms with Gasteiger partial charge in [0.2, 0.25) is 0 Å². The zero-order valence-corrected chi connectivity index (χ0v) is 10.8. The highest BCUT2D eigenvalue weighted by atomic mass is 19.1. The lowest BCUT2D eigenvalue weighted by atomic mass is 9.99. The molecule has 3 nitrogen and oxygen atoms in total. The number of nitrogens with two attached hydrogens (primary N) is 2. The van der Waals surface area contributed by atoms with Crippen molar-refractivity contribution in [2.45, 2.75) is 13.0 Å². The third-order valence-corrected chi connectivity index (χ3v) is 2.88. The van der Waals surface area contributed by atoms with Crippen LogP contribution < -0.4 is 16.2 Å². The van der Waals surface area contributed by atoms with Gasteiger partial charge >= 0.3 is 0 Å². The topological polar surface area (TPSA) is 61.3 Å². The Kier molecular flexibility index (Phi) is 4.02. The summed E-state index contributed by atoms with van der Waals surface area (Å²) in [5.41, 5.74) is 14.0. The summed E-state index contributed by atoms with van der Waals surface area (Å²) in [6, 6.07) is 11.6. The minimum Gasteiger partial charge on any atom is -0.491 e. The van der Waals surface area contributed by atoms with Crippen molar-refractivity contribution >= 4 is 5.69 Å². The first-order valence-electron chi connectivity index (χ1n) is 6.15. The van der Waals surface area contributed by atoms with Crippen molar-refractivity contribution in [2.24, 2.45) is 5.73 Å². The molecule has 0 saturated carbocycles. The Balaban J connectivity index is 2.29. The predicted molar refractivity (Wildman–Crippen MR) is 74.5 cm³/mol. The molecule has 1 atom stereocenters. The number of ether oxygens (including phenoxy) is 1. The second-order valence-electron chi connectivity index (χ2n) is 4.27. The van der Waals surface area contributed by atoms with Gasteiger partial charge in [0.1, 0.15) is 0 Å². The molecule has 19 heavy (non-hydrogen) atoms. The van der Waals surface area contributed by atoms with E-state index in [2.05, 4.69) is 0 Å². The van der Waals surface area contributed by atoms with Crippen LogP contribution in [0.25, 0.3) is 0 Å². The van der Waals surface area contributed by atoms with E-state index in [1.165, 1.54) is 6.07 Å². The molecule has 2 aromatic rings. The van der Waals surface area contributed by atoms with E-state index in [1.54, 1.807) is 24.3 Å². The Morgan fingerprint density at radius 1 is 1.16 bits per heavy atom. The lowest BCUT2D eigenvalue weighted by Crippen LogP contribution is -2.12. The Bertz CT molecular complexity index is 572. The van der Waals surface area contributed by atoms with Crippen LogP contribution in [-0.4, -0.2) is 6.61 Å². The molecule has 0 bridgehead atoms. The van der Waals surface area contributed by atoms with Crippen LogP contribution in [0.15, 0.2) is 42.5 Å². The molecule has 0 aliphatic heterocycles. The smallest absolute Gasteiger partial charge is 0.165 e. The zero-order valence-electron chi connectivity index (χ0n) is 10.8. The van der Waals surface area contributed by atoms with Gasteiger partial charge in [-0.05, 0) is 42.3 Å². The minimum absolute atomic E-state index is 0.242. The number of nitrogen functional groups attached to an aromatic ring is 1. The standard InChI is InChI=1S/C15H17FN2O/c1-2-19-14-7-6-11(9-13(14)16)15(18)10-4-3-5-12(17)8-10/h3-9,15H,2,17-18H2,1H3. The maximum Gasteiger partial charge on any atom is 0.165 e. The summed E-state index contributed by atoms with van der Waals surface area (Å²) in [5, 5.41) is 0. The van der Waals surface area contributed by atoms with Gasteiger partial charge in [0.25, 0.3) is 0 Å². The van der Waals surface area contributed by atoms with Crippen LogP contribution in [-0.2, 0) is 0 Å². The molecular weight excluding hydrogens is 243 g/mol.